The van der Waals surface area contributed by atoms with E-state index in [1.165, 1.54) is 0 Å². The standard InChI is InChI=1S/C24H23N5O/c25-14-20(24(30)27-22-10-4-5-11-22)13-21-17-29(16-18-7-2-1-3-8-18)28-23(21)19-9-6-12-26-15-19/h1-3,6-9,12-13,15,17,22H,4-5,10-11,16H2,(H,27,30)/b20-13+. The van der Waals surface area contributed by atoms with Gasteiger partial charge >= 0.3 is 0 Å². The van der Waals surface area contributed by atoms with Gasteiger partial charge in [-0.15, -0.1) is 0 Å². The van der Waals surface area contributed by atoms with Crippen molar-refractivity contribution in [1.82, 2.24) is 20.1 Å². The Morgan fingerprint density at radius 3 is 2.70 bits per heavy atom. The van der Waals surface area contributed by atoms with Crippen molar-refractivity contribution in [1.29, 1.82) is 5.26 Å². The molecule has 1 aliphatic carbocycles. The molecule has 0 saturated heterocycles. The average Bonchev–Trinajstić information content (AvgIpc) is 3.43. The predicted octanol–water partition coefficient (Wildman–Crippen LogP) is 3.96. The van der Waals surface area contributed by atoms with Crippen LogP contribution in [0.2, 0.25) is 0 Å². The molecule has 2 aromatic heterocycles. The summed E-state index contributed by atoms with van der Waals surface area (Å²) in [5.41, 5.74) is 3.46. The number of amides is 1. The van der Waals surface area contributed by atoms with Crippen LogP contribution in [-0.4, -0.2) is 26.7 Å². The Bertz CT molecular complexity index is 1070. The van der Waals surface area contributed by atoms with E-state index < -0.39 is 0 Å². The molecule has 0 unspecified atom stereocenters. The second-order valence-corrected chi connectivity index (χ2v) is 7.48. The summed E-state index contributed by atoms with van der Waals surface area (Å²) >= 11 is 0. The summed E-state index contributed by atoms with van der Waals surface area (Å²) in [5, 5.41) is 17.3. The Hall–Kier alpha value is -3.72. The molecule has 0 aliphatic heterocycles. The predicted molar refractivity (Wildman–Crippen MR) is 115 cm³/mol. The van der Waals surface area contributed by atoms with Crippen molar-refractivity contribution in [3.8, 4) is 17.3 Å². The molecule has 1 aromatic carbocycles. The lowest BCUT2D eigenvalue weighted by atomic mass is 10.1. The van der Waals surface area contributed by atoms with E-state index in [1.807, 2.05) is 53.3 Å². The number of aromatic nitrogens is 3. The summed E-state index contributed by atoms with van der Waals surface area (Å²) in [4.78, 5) is 16.8. The van der Waals surface area contributed by atoms with Crippen LogP contribution in [0.25, 0.3) is 17.3 Å². The van der Waals surface area contributed by atoms with Crippen LogP contribution < -0.4 is 5.32 Å². The van der Waals surface area contributed by atoms with E-state index in [0.29, 0.717) is 12.2 Å². The highest BCUT2D eigenvalue weighted by atomic mass is 16.1. The number of rotatable bonds is 6. The molecule has 30 heavy (non-hydrogen) atoms. The maximum atomic E-state index is 12.6. The number of benzene rings is 1. The van der Waals surface area contributed by atoms with E-state index in [0.717, 1.165) is 42.4 Å². The molecule has 1 fully saturated rings. The van der Waals surface area contributed by atoms with E-state index >= 15 is 0 Å². The number of hydrogen-bond acceptors (Lipinski definition) is 4. The number of carbonyl (C=O) groups excluding carboxylic acids is 1. The van der Waals surface area contributed by atoms with Gasteiger partial charge in [0.2, 0.25) is 0 Å². The van der Waals surface area contributed by atoms with Crippen molar-refractivity contribution in [2.24, 2.45) is 0 Å². The molecule has 1 saturated carbocycles. The van der Waals surface area contributed by atoms with Crippen LogP contribution in [0.15, 0.2) is 66.6 Å². The Kier molecular flexibility index (Phi) is 6.00. The first-order chi connectivity index (χ1) is 14.7. The van der Waals surface area contributed by atoms with Crippen molar-refractivity contribution in [2.75, 3.05) is 0 Å². The Labute approximate surface area is 175 Å². The van der Waals surface area contributed by atoms with Crippen LogP contribution in [0.5, 0.6) is 0 Å². The van der Waals surface area contributed by atoms with Gasteiger partial charge in [0.05, 0.1) is 6.54 Å². The molecular formula is C24H23N5O. The third-order valence-electron chi connectivity index (χ3n) is 5.27. The van der Waals surface area contributed by atoms with Crippen molar-refractivity contribution in [3.05, 3.63) is 77.8 Å². The average molecular weight is 397 g/mol. The largest absolute Gasteiger partial charge is 0.349 e. The summed E-state index contributed by atoms with van der Waals surface area (Å²) in [6, 6.07) is 16.0. The topological polar surface area (TPSA) is 83.6 Å². The minimum absolute atomic E-state index is 0.0892. The van der Waals surface area contributed by atoms with Gasteiger partial charge in [0.25, 0.3) is 5.91 Å². The highest BCUT2D eigenvalue weighted by Gasteiger charge is 2.20. The third-order valence-corrected chi connectivity index (χ3v) is 5.27. The molecule has 4 rings (SSSR count). The maximum absolute atomic E-state index is 12.6. The number of hydrogen-bond donors (Lipinski definition) is 1. The van der Waals surface area contributed by atoms with Crippen LogP contribution in [0.3, 0.4) is 0 Å². The first kappa shape index (κ1) is 19.6. The van der Waals surface area contributed by atoms with E-state index in [1.54, 1.807) is 18.5 Å². The van der Waals surface area contributed by atoms with Gasteiger partial charge in [-0.05, 0) is 36.6 Å². The molecular weight excluding hydrogens is 374 g/mol. The molecule has 0 spiro atoms. The summed E-state index contributed by atoms with van der Waals surface area (Å²) in [6.45, 7) is 0.595. The fourth-order valence-electron chi connectivity index (χ4n) is 3.76. The summed E-state index contributed by atoms with van der Waals surface area (Å²) < 4.78 is 1.83. The van der Waals surface area contributed by atoms with E-state index in [9.17, 15) is 10.1 Å². The van der Waals surface area contributed by atoms with Crippen LogP contribution in [0.1, 0.15) is 36.8 Å². The molecule has 3 aromatic rings. The van der Waals surface area contributed by atoms with Gasteiger partial charge in [0.1, 0.15) is 17.3 Å². The molecule has 6 nitrogen and oxygen atoms in total. The van der Waals surface area contributed by atoms with Gasteiger partial charge in [0.15, 0.2) is 0 Å². The first-order valence-electron chi connectivity index (χ1n) is 10.2. The molecule has 2 heterocycles. The normalized spacial score (nSPS) is 14.4. The lowest BCUT2D eigenvalue weighted by Crippen LogP contribution is -2.33. The van der Waals surface area contributed by atoms with E-state index in [2.05, 4.69) is 16.4 Å². The van der Waals surface area contributed by atoms with Crippen molar-refractivity contribution < 1.29 is 4.79 Å². The monoisotopic (exact) mass is 397 g/mol. The smallest absolute Gasteiger partial charge is 0.262 e. The highest BCUT2D eigenvalue weighted by molar-refractivity contribution is 6.02. The minimum atomic E-state index is -0.322. The zero-order chi connectivity index (χ0) is 20.8. The zero-order valence-corrected chi connectivity index (χ0v) is 16.7. The molecule has 150 valence electrons. The van der Waals surface area contributed by atoms with Gasteiger partial charge < -0.3 is 5.32 Å². The van der Waals surface area contributed by atoms with Crippen LogP contribution in [-0.2, 0) is 11.3 Å². The zero-order valence-electron chi connectivity index (χ0n) is 16.7. The van der Waals surface area contributed by atoms with Gasteiger partial charge in [-0.2, -0.15) is 10.4 Å². The summed E-state index contributed by atoms with van der Waals surface area (Å²) in [6.07, 6.45) is 11.1. The van der Waals surface area contributed by atoms with Crippen LogP contribution in [0.4, 0.5) is 0 Å². The lowest BCUT2D eigenvalue weighted by molar-refractivity contribution is -0.117. The van der Waals surface area contributed by atoms with Crippen molar-refractivity contribution in [2.45, 2.75) is 38.3 Å². The third kappa shape index (κ3) is 4.64. The molecule has 0 atom stereocenters. The number of nitrogens with one attached hydrogen (secondary N) is 1. The number of nitrogens with zero attached hydrogens (tertiary/aromatic N) is 4. The SMILES string of the molecule is N#C/C(=C\c1cn(Cc2ccccc2)nc1-c1cccnc1)C(=O)NC1CCCC1. The fraction of sp³-hybridized carbons (Fsp3) is 0.250. The van der Waals surface area contributed by atoms with Gasteiger partial charge in [-0.25, -0.2) is 0 Å². The second-order valence-electron chi connectivity index (χ2n) is 7.48. The van der Waals surface area contributed by atoms with Crippen LogP contribution in [0, 0.1) is 11.3 Å². The quantitative estimate of drug-likeness (QED) is 0.504. The Morgan fingerprint density at radius 1 is 1.20 bits per heavy atom. The molecule has 1 N–H and O–H groups in total. The minimum Gasteiger partial charge on any atom is -0.349 e. The second kappa shape index (κ2) is 9.19. The van der Waals surface area contributed by atoms with Gasteiger partial charge in [0, 0.05) is 35.8 Å². The molecule has 0 radical (unpaired) electrons. The fourth-order valence-corrected chi connectivity index (χ4v) is 3.76. The van der Waals surface area contributed by atoms with Crippen molar-refractivity contribution >= 4 is 12.0 Å². The number of pyridine rings is 1. The molecule has 1 aliphatic rings. The summed E-state index contributed by atoms with van der Waals surface area (Å²) in [5.74, 6) is -0.322. The van der Waals surface area contributed by atoms with Crippen molar-refractivity contribution in [3.63, 3.8) is 0 Å². The number of carbonyl (C=O) groups is 1. The van der Waals surface area contributed by atoms with E-state index in [4.69, 9.17) is 5.10 Å². The lowest BCUT2D eigenvalue weighted by Gasteiger charge is -2.10. The van der Waals surface area contributed by atoms with E-state index in [-0.39, 0.29) is 17.5 Å². The van der Waals surface area contributed by atoms with Gasteiger partial charge in [-0.3, -0.25) is 14.5 Å². The Balaban J connectivity index is 1.66. The van der Waals surface area contributed by atoms with Crippen LogP contribution >= 0.6 is 0 Å². The molecule has 6 heteroatoms. The molecule has 0 bridgehead atoms. The maximum Gasteiger partial charge on any atom is 0.262 e. The molecule has 1 amide bonds. The number of nitriles is 1. The Morgan fingerprint density at radius 2 is 2.00 bits per heavy atom. The highest BCUT2D eigenvalue weighted by Crippen LogP contribution is 2.24. The first-order valence-corrected chi connectivity index (χ1v) is 10.2. The summed E-state index contributed by atoms with van der Waals surface area (Å²) in [7, 11) is 0. The van der Waals surface area contributed by atoms with Gasteiger partial charge in [-0.1, -0.05) is 43.2 Å².